The van der Waals surface area contributed by atoms with Gasteiger partial charge in [-0.3, -0.25) is 0 Å². The van der Waals surface area contributed by atoms with E-state index in [1.807, 2.05) is 28.8 Å². The Morgan fingerprint density at radius 1 is 1.44 bits per heavy atom. The van der Waals surface area contributed by atoms with Gasteiger partial charge >= 0.3 is 0 Å². The van der Waals surface area contributed by atoms with Crippen LogP contribution in [0.5, 0.6) is 5.75 Å². The van der Waals surface area contributed by atoms with Crippen molar-refractivity contribution in [1.82, 2.24) is 14.7 Å². The zero-order valence-electron chi connectivity index (χ0n) is 9.71. The highest BCUT2D eigenvalue weighted by Crippen LogP contribution is 2.25. The van der Waals surface area contributed by atoms with Crippen LogP contribution in [-0.2, 0) is 6.54 Å². The maximum atomic E-state index is 5.32. The SMILES string of the molecule is COc1cccc2c1[nH]c(=S)n2Cc1ccno1. The van der Waals surface area contributed by atoms with Crippen molar-refractivity contribution in [3.05, 3.63) is 41.0 Å². The Hall–Kier alpha value is -2.08. The van der Waals surface area contributed by atoms with Gasteiger partial charge in [-0.25, -0.2) is 0 Å². The molecule has 18 heavy (non-hydrogen) atoms. The highest BCUT2D eigenvalue weighted by molar-refractivity contribution is 7.71. The smallest absolute Gasteiger partial charge is 0.178 e. The molecule has 3 rings (SSSR count). The van der Waals surface area contributed by atoms with Crippen LogP contribution in [0.1, 0.15) is 5.76 Å². The number of aromatic amines is 1. The zero-order valence-corrected chi connectivity index (χ0v) is 10.5. The molecule has 0 unspecified atom stereocenters. The zero-order chi connectivity index (χ0) is 12.5. The van der Waals surface area contributed by atoms with Crippen LogP contribution in [0.4, 0.5) is 0 Å². The Bertz CT molecular complexity index is 727. The number of para-hydroxylation sites is 1. The third-order valence-corrected chi connectivity index (χ3v) is 3.12. The van der Waals surface area contributed by atoms with E-state index in [-0.39, 0.29) is 0 Å². The highest BCUT2D eigenvalue weighted by atomic mass is 32.1. The van der Waals surface area contributed by atoms with Gasteiger partial charge in [-0.15, -0.1) is 0 Å². The number of H-pyrrole nitrogens is 1. The molecule has 2 heterocycles. The fourth-order valence-electron chi connectivity index (χ4n) is 1.96. The second-order valence-electron chi connectivity index (χ2n) is 3.85. The highest BCUT2D eigenvalue weighted by Gasteiger charge is 2.10. The third kappa shape index (κ3) is 1.70. The molecule has 3 aromatic rings. The number of methoxy groups -OCH3 is 1. The van der Waals surface area contributed by atoms with Crippen LogP contribution in [-0.4, -0.2) is 21.8 Å². The summed E-state index contributed by atoms with van der Waals surface area (Å²) in [5.74, 6) is 1.53. The van der Waals surface area contributed by atoms with Crippen LogP contribution in [0.2, 0.25) is 0 Å². The number of nitrogens with one attached hydrogen (secondary N) is 1. The summed E-state index contributed by atoms with van der Waals surface area (Å²) in [6, 6.07) is 7.63. The molecule has 1 N–H and O–H groups in total. The minimum absolute atomic E-state index is 0.548. The lowest BCUT2D eigenvalue weighted by molar-refractivity contribution is 0.377. The molecule has 0 spiro atoms. The number of nitrogens with zero attached hydrogens (tertiary/aromatic N) is 2. The molecule has 0 fully saturated rings. The van der Waals surface area contributed by atoms with E-state index in [4.69, 9.17) is 21.5 Å². The topological polar surface area (TPSA) is 56.0 Å². The van der Waals surface area contributed by atoms with Gasteiger partial charge in [0, 0.05) is 6.07 Å². The van der Waals surface area contributed by atoms with Crippen molar-refractivity contribution >= 4 is 23.3 Å². The lowest BCUT2D eigenvalue weighted by atomic mass is 10.3. The Labute approximate surface area is 108 Å². The third-order valence-electron chi connectivity index (χ3n) is 2.80. The molecular weight excluding hydrogens is 250 g/mol. The van der Waals surface area contributed by atoms with Crippen molar-refractivity contribution in [2.75, 3.05) is 7.11 Å². The molecule has 2 aromatic heterocycles. The number of hydrogen-bond donors (Lipinski definition) is 1. The summed E-state index contributed by atoms with van der Waals surface area (Å²) in [5, 5.41) is 3.69. The Kier molecular flexibility index (Phi) is 2.64. The average Bonchev–Trinajstić information content (AvgIpc) is 2.99. The number of aromatic nitrogens is 3. The fourth-order valence-corrected chi connectivity index (χ4v) is 2.23. The number of imidazole rings is 1. The van der Waals surface area contributed by atoms with Gasteiger partial charge < -0.3 is 18.8 Å². The molecule has 6 heteroatoms. The van der Waals surface area contributed by atoms with Crippen molar-refractivity contribution in [3.63, 3.8) is 0 Å². The van der Waals surface area contributed by atoms with E-state index in [2.05, 4.69) is 10.1 Å². The second-order valence-corrected chi connectivity index (χ2v) is 4.24. The van der Waals surface area contributed by atoms with Gasteiger partial charge in [0.1, 0.15) is 11.3 Å². The first-order valence-electron chi connectivity index (χ1n) is 5.44. The summed E-state index contributed by atoms with van der Waals surface area (Å²) in [4.78, 5) is 3.15. The largest absolute Gasteiger partial charge is 0.494 e. The molecule has 0 amide bonds. The molecule has 0 bridgehead atoms. The molecule has 1 aromatic carbocycles. The van der Waals surface area contributed by atoms with Crippen molar-refractivity contribution in [2.45, 2.75) is 6.54 Å². The maximum absolute atomic E-state index is 5.32. The summed E-state index contributed by atoms with van der Waals surface area (Å²) in [6.07, 6.45) is 1.62. The van der Waals surface area contributed by atoms with Gasteiger partial charge in [0.05, 0.1) is 25.4 Å². The molecule has 5 nitrogen and oxygen atoms in total. The predicted molar refractivity (Wildman–Crippen MR) is 69.3 cm³/mol. The van der Waals surface area contributed by atoms with Gasteiger partial charge in [0.2, 0.25) is 0 Å². The van der Waals surface area contributed by atoms with Crippen molar-refractivity contribution in [1.29, 1.82) is 0 Å². The van der Waals surface area contributed by atoms with E-state index < -0.39 is 0 Å². The van der Waals surface area contributed by atoms with Crippen LogP contribution < -0.4 is 4.74 Å². The summed E-state index contributed by atoms with van der Waals surface area (Å²) in [7, 11) is 1.64. The number of rotatable bonds is 3. The lowest BCUT2D eigenvalue weighted by Crippen LogP contribution is -1.98. The number of benzene rings is 1. The van der Waals surface area contributed by atoms with Crippen LogP contribution >= 0.6 is 12.2 Å². The molecule has 92 valence electrons. The van der Waals surface area contributed by atoms with Crippen LogP contribution in [0.3, 0.4) is 0 Å². The molecule has 0 aliphatic rings. The van der Waals surface area contributed by atoms with E-state index in [1.165, 1.54) is 0 Å². The molecule has 0 saturated heterocycles. The van der Waals surface area contributed by atoms with Crippen molar-refractivity contribution < 1.29 is 9.26 Å². The van der Waals surface area contributed by atoms with Crippen molar-refractivity contribution in [2.24, 2.45) is 0 Å². The molecule has 0 aliphatic heterocycles. The Balaban J connectivity index is 2.17. The quantitative estimate of drug-likeness (QED) is 0.736. The summed E-state index contributed by atoms with van der Waals surface area (Å²) < 4.78 is 13.0. The van der Waals surface area contributed by atoms with Crippen LogP contribution in [0.15, 0.2) is 35.0 Å². The number of hydrogen-bond acceptors (Lipinski definition) is 4. The number of fused-ring (bicyclic) bond motifs is 1. The summed E-state index contributed by atoms with van der Waals surface area (Å²) in [6.45, 7) is 0.548. The monoisotopic (exact) mass is 261 g/mol. The summed E-state index contributed by atoms with van der Waals surface area (Å²) in [5.41, 5.74) is 1.88. The standard InChI is InChI=1S/C12H11N3O2S/c1-16-10-4-2-3-9-11(10)14-12(18)15(9)7-8-5-6-13-17-8/h2-6H,7H2,1H3,(H,14,18). The fraction of sp³-hybridized carbons (Fsp3) is 0.167. The molecular formula is C12H11N3O2S. The first-order valence-corrected chi connectivity index (χ1v) is 5.85. The van der Waals surface area contributed by atoms with Crippen molar-refractivity contribution in [3.8, 4) is 5.75 Å². The molecule has 0 aliphatic carbocycles. The van der Waals surface area contributed by atoms with Gasteiger partial charge in [0.25, 0.3) is 0 Å². The summed E-state index contributed by atoms with van der Waals surface area (Å²) >= 11 is 5.32. The van der Waals surface area contributed by atoms with E-state index in [0.717, 1.165) is 22.5 Å². The van der Waals surface area contributed by atoms with E-state index in [1.54, 1.807) is 13.3 Å². The minimum atomic E-state index is 0.548. The van der Waals surface area contributed by atoms with Gasteiger partial charge in [-0.05, 0) is 24.4 Å². The second kappa shape index (κ2) is 4.30. The molecule has 0 saturated carbocycles. The lowest BCUT2D eigenvalue weighted by Gasteiger charge is -2.03. The molecule has 0 atom stereocenters. The van der Waals surface area contributed by atoms with E-state index in [9.17, 15) is 0 Å². The predicted octanol–water partition coefficient (Wildman–Crippen LogP) is 2.74. The van der Waals surface area contributed by atoms with Gasteiger partial charge in [-0.2, -0.15) is 0 Å². The molecule has 0 radical (unpaired) electrons. The van der Waals surface area contributed by atoms with Crippen LogP contribution in [0.25, 0.3) is 11.0 Å². The van der Waals surface area contributed by atoms with E-state index in [0.29, 0.717) is 11.3 Å². The minimum Gasteiger partial charge on any atom is -0.494 e. The first-order chi connectivity index (χ1) is 8.79. The Morgan fingerprint density at radius 3 is 3.06 bits per heavy atom. The average molecular weight is 261 g/mol. The first kappa shape index (κ1) is 11.0. The van der Waals surface area contributed by atoms with E-state index >= 15 is 0 Å². The number of ether oxygens (including phenoxy) is 1. The maximum Gasteiger partial charge on any atom is 0.178 e. The van der Waals surface area contributed by atoms with Gasteiger partial charge in [-0.1, -0.05) is 11.2 Å². The Morgan fingerprint density at radius 2 is 2.33 bits per heavy atom. The van der Waals surface area contributed by atoms with Crippen LogP contribution in [0, 0.1) is 4.77 Å². The van der Waals surface area contributed by atoms with Gasteiger partial charge in [0.15, 0.2) is 10.5 Å². The normalized spacial score (nSPS) is 10.9.